The fourth-order valence-corrected chi connectivity index (χ4v) is 2.05. The lowest BCUT2D eigenvalue weighted by Crippen LogP contribution is -1.94. The highest BCUT2D eigenvalue weighted by Gasteiger charge is 2.15. The molecule has 1 aromatic heterocycles. The summed E-state index contributed by atoms with van der Waals surface area (Å²) in [6.45, 7) is 1.93. The molecule has 5 heteroatoms. The molecule has 0 radical (unpaired) electrons. The standard InChI is InChI=1S/C9H8N2O2S/c1-6-8-5-7(11(12)13)3-2-4-9(8)10-14-6/h2-3,5H,4H2,1H3. The van der Waals surface area contributed by atoms with E-state index in [4.69, 9.17) is 0 Å². The molecule has 0 spiro atoms. The topological polar surface area (TPSA) is 56.0 Å². The fourth-order valence-electron chi connectivity index (χ4n) is 1.36. The van der Waals surface area contributed by atoms with Crippen molar-refractivity contribution in [1.82, 2.24) is 4.37 Å². The Balaban J connectivity index is 2.54. The van der Waals surface area contributed by atoms with E-state index in [2.05, 4.69) is 4.37 Å². The van der Waals surface area contributed by atoms with E-state index in [0.717, 1.165) is 16.1 Å². The van der Waals surface area contributed by atoms with Crippen LogP contribution in [0.4, 0.5) is 0 Å². The molecule has 0 aromatic carbocycles. The molecule has 1 aliphatic carbocycles. The van der Waals surface area contributed by atoms with Crippen LogP contribution >= 0.6 is 11.5 Å². The van der Waals surface area contributed by atoms with Gasteiger partial charge in [-0.3, -0.25) is 10.1 Å². The highest BCUT2D eigenvalue weighted by atomic mass is 32.1. The molecule has 0 atom stereocenters. The number of rotatable bonds is 1. The zero-order valence-electron chi connectivity index (χ0n) is 7.56. The maximum atomic E-state index is 10.6. The van der Waals surface area contributed by atoms with Crippen molar-refractivity contribution in [3.8, 4) is 0 Å². The third-order valence-corrected chi connectivity index (χ3v) is 2.89. The summed E-state index contributed by atoms with van der Waals surface area (Å²) in [7, 11) is 0. The normalized spacial score (nSPS) is 14.5. The average Bonchev–Trinajstić information content (AvgIpc) is 2.40. The van der Waals surface area contributed by atoms with Gasteiger partial charge in [-0.1, -0.05) is 6.08 Å². The Labute approximate surface area is 84.9 Å². The number of nitro groups is 1. The highest BCUT2D eigenvalue weighted by Crippen LogP contribution is 2.24. The Morgan fingerprint density at radius 2 is 2.43 bits per heavy atom. The van der Waals surface area contributed by atoms with Gasteiger partial charge >= 0.3 is 0 Å². The van der Waals surface area contributed by atoms with E-state index in [-0.39, 0.29) is 10.6 Å². The van der Waals surface area contributed by atoms with Crippen LogP contribution in [0, 0.1) is 17.0 Å². The van der Waals surface area contributed by atoms with Crippen molar-refractivity contribution >= 4 is 17.6 Å². The van der Waals surface area contributed by atoms with Gasteiger partial charge in [-0.15, -0.1) is 0 Å². The van der Waals surface area contributed by atoms with E-state index < -0.39 is 0 Å². The molecule has 4 nitrogen and oxygen atoms in total. The third kappa shape index (κ3) is 1.46. The minimum atomic E-state index is -0.372. The monoisotopic (exact) mass is 208 g/mol. The number of allylic oxidation sites excluding steroid dienone is 2. The first-order valence-electron chi connectivity index (χ1n) is 4.16. The number of hydrogen-bond acceptors (Lipinski definition) is 4. The summed E-state index contributed by atoms with van der Waals surface area (Å²) >= 11 is 1.39. The summed E-state index contributed by atoms with van der Waals surface area (Å²) in [4.78, 5) is 11.3. The summed E-state index contributed by atoms with van der Waals surface area (Å²) in [5.41, 5.74) is 1.97. The van der Waals surface area contributed by atoms with Crippen molar-refractivity contribution in [1.29, 1.82) is 0 Å². The average molecular weight is 208 g/mol. The minimum Gasteiger partial charge on any atom is -0.258 e. The van der Waals surface area contributed by atoms with Gasteiger partial charge in [0, 0.05) is 29.0 Å². The molecule has 2 rings (SSSR count). The van der Waals surface area contributed by atoms with Crippen molar-refractivity contribution in [2.75, 3.05) is 0 Å². The number of fused-ring (bicyclic) bond motifs is 1. The molecule has 0 amide bonds. The summed E-state index contributed by atoms with van der Waals surface area (Å²) in [6.07, 6.45) is 5.58. The van der Waals surface area contributed by atoms with Crippen LogP contribution in [0.1, 0.15) is 16.1 Å². The van der Waals surface area contributed by atoms with Crippen molar-refractivity contribution in [3.05, 3.63) is 44.1 Å². The van der Waals surface area contributed by atoms with Crippen LogP contribution in [-0.4, -0.2) is 9.30 Å². The van der Waals surface area contributed by atoms with Gasteiger partial charge in [0.05, 0.1) is 10.6 Å². The predicted molar refractivity (Wildman–Crippen MR) is 54.7 cm³/mol. The quantitative estimate of drug-likeness (QED) is 0.525. The lowest BCUT2D eigenvalue weighted by atomic mass is 10.1. The zero-order chi connectivity index (χ0) is 10.1. The SMILES string of the molecule is Cc1snc2c1C=C([N+](=O)[O-])C=CC2. The van der Waals surface area contributed by atoms with Gasteiger partial charge in [0.1, 0.15) is 0 Å². The van der Waals surface area contributed by atoms with Crippen LogP contribution in [0.3, 0.4) is 0 Å². The molecule has 72 valence electrons. The number of hydrogen-bond donors (Lipinski definition) is 0. The second-order valence-corrected chi connectivity index (χ2v) is 4.01. The van der Waals surface area contributed by atoms with E-state index in [0.29, 0.717) is 6.42 Å². The molecule has 0 unspecified atom stereocenters. The third-order valence-electron chi connectivity index (χ3n) is 2.09. The Morgan fingerprint density at radius 3 is 3.14 bits per heavy atom. The molecule has 0 saturated carbocycles. The van der Waals surface area contributed by atoms with E-state index in [1.807, 2.05) is 6.92 Å². The molecule has 1 heterocycles. The van der Waals surface area contributed by atoms with E-state index in [1.165, 1.54) is 17.6 Å². The number of aryl methyl sites for hydroxylation is 1. The maximum Gasteiger partial charge on any atom is 0.269 e. The summed E-state index contributed by atoms with van der Waals surface area (Å²) in [5.74, 6) is 0. The molecule has 1 aromatic rings. The summed E-state index contributed by atoms with van der Waals surface area (Å²) < 4.78 is 4.23. The predicted octanol–water partition coefficient (Wildman–Crippen LogP) is 2.18. The molecule has 1 aliphatic rings. The first-order valence-corrected chi connectivity index (χ1v) is 4.93. The smallest absolute Gasteiger partial charge is 0.258 e. The van der Waals surface area contributed by atoms with E-state index in [1.54, 1.807) is 12.2 Å². The molecule has 0 aliphatic heterocycles. The van der Waals surface area contributed by atoms with Crippen LogP contribution in [0.25, 0.3) is 6.08 Å². The van der Waals surface area contributed by atoms with Crippen LogP contribution in [-0.2, 0) is 6.42 Å². The Hall–Kier alpha value is -1.49. The van der Waals surface area contributed by atoms with Crippen molar-refractivity contribution in [3.63, 3.8) is 0 Å². The van der Waals surface area contributed by atoms with Gasteiger partial charge in [-0.2, -0.15) is 4.37 Å². The largest absolute Gasteiger partial charge is 0.269 e. The van der Waals surface area contributed by atoms with Crippen molar-refractivity contribution < 1.29 is 4.92 Å². The Kier molecular flexibility index (Phi) is 2.17. The van der Waals surface area contributed by atoms with Gasteiger partial charge in [-0.25, -0.2) is 0 Å². The van der Waals surface area contributed by atoms with Crippen LogP contribution in [0.15, 0.2) is 17.8 Å². The molecule has 0 bridgehead atoms. The first kappa shape index (κ1) is 9.08. The highest BCUT2D eigenvalue weighted by molar-refractivity contribution is 7.06. The minimum absolute atomic E-state index is 0.132. The second kappa shape index (κ2) is 3.34. The van der Waals surface area contributed by atoms with Crippen LogP contribution < -0.4 is 0 Å². The number of aromatic nitrogens is 1. The molecular weight excluding hydrogens is 200 g/mol. The molecule has 0 saturated heterocycles. The molecule has 0 fully saturated rings. The van der Waals surface area contributed by atoms with Crippen molar-refractivity contribution in [2.45, 2.75) is 13.3 Å². The summed E-state index contributed by atoms with van der Waals surface area (Å²) in [5, 5.41) is 10.6. The molecule has 14 heavy (non-hydrogen) atoms. The van der Waals surface area contributed by atoms with Crippen LogP contribution in [0.2, 0.25) is 0 Å². The van der Waals surface area contributed by atoms with Gasteiger partial charge in [-0.05, 0) is 18.5 Å². The second-order valence-electron chi connectivity index (χ2n) is 3.03. The molecular formula is C9H8N2O2S. The van der Waals surface area contributed by atoms with Gasteiger partial charge in [0.25, 0.3) is 5.70 Å². The van der Waals surface area contributed by atoms with E-state index >= 15 is 0 Å². The Morgan fingerprint density at radius 1 is 1.64 bits per heavy atom. The Bertz CT molecular complexity index is 446. The molecule has 0 N–H and O–H groups in total. The van der Waals surface area contributed by atoms with Crippen LogP contribution in [0.5, 0.6) is 0 Å². The zero-order valence-corrected chi connectivity index (χ0v) is 8.37. The fraction of sp³-hybridized carbons (Fsp3) is 0.222. The lowest BCUT2D eigenvalue weighted by Gasteiger charge is -1.91. The van der Waals surface area contributed by atoms with Gasteiger partial charge in [0.15, 0.2) is 0 Å². The van der Waals surface area contributed by atoms with Gasteiger partial charge < -0.3 is 0 Å². The van der Waals surface area contributed by atoms with Gasteiger partial charge in [0.2, 0.25) is 0 Å². The lowest BCUT2D eigenvalue weighted by molar-refractivity contribution is -0.417. The number of nitrogens with zero attached hydrogens (tertiary/aromatic N) is 2. The van der Waals surface area contributed by atoms with Crippen molar-refractivity contribution in [2.24, 2.45) is 0 Å². The van der Waals surface area contributed by atoms with E-state index in [9.17, 15) is 10.1 Å². The summed E-state index contributed by atoms with van der Waals surface area (Å²) in [6, 6.07) is 0. The first-order chi connectivity index (χ1) is 6.68. The maximum absolute atomic E-state index is 10.6.